The molecule has 0 fully saturated rings. The molecule has 0 atom stereocenters. The van der Waals surface area contributed by atoms with E-state index in [2.05, 4.69) is 5.11 Å². The van der Waals surface area contributed by atoms with E-state index in [9.17, 15) is 9.59 Å². The molecule has 1 N–H and O–H groups in total. The van der Waals surface area contributed by atoms with Crippen molar-refractivity contribution in [3.05, 3.63) is 0 Å². The van der Waals surface area contributed by atoms with E-state index in [0.717, 1.165) is 0 Å². The number of hydrogen-bond donors (Lipinski definition) is 1. The van der Waals surface area contributed by atoms with Crippen molar-refractivity contribution in [1.29, 1.82) is 1.43 Å². The van der Waals surface area contributed by atoms with Gasteiger partial charge in [0.05, 0.1) is 12.2 Å². The van der Waals surface area contributed by atoms with Crippen molar-refractivity contribution in [3.8, 4) is 0 Å². The highest BCUT2D eigenvalue weighted by molar-refractivity contribution is 5.89. The van der Waals surface area contributed by atoms with Gasteiger partial charge in [0.2, 0.25) is 1.43 Å². The van der Waals surface area contributed by atoms with Crippen LogP contribution in [0.15, 0.2) is 0 Å². The zero-order valence-corrected chi connectivity index (χ0v) is 13.4. The smallest absolute Gasteiger partial charge is 0.254 e. The van der Waals surface area contributed by atoms with Crippen LogP contribution in [-0.2, 0) is 9.59 Å². The highest BCUT2D eigenvalue weighted by Gasteiger charge is 2.36. The molecule has 0 spiro atoms. The van der Waals surface area contributed by atoms with Crippen molar-refractivity contribution in [2.45, 2.75) is 52.7 Å². The van der Waals surface area contributed by atoms with Gasteiger partial charge in [0.15, 0.2) is 5.78 Å². The van der Waals surface area contributed by atoms with Crippen molar-refractivity contribution in [2.24, 2.45) is 5.92 Å². The summed E-state index contributed by atoms with van der Waals surface area (Å²) in [5, 5.41) is 4.45. The van der Waals surface area contributed by atoms with E-state index in [0.29, 0.717) is 0 Å². The Morgan fingerprint density at radius 3 is 2.05 bits per heavy atom. The van der Waals surface area contributed by atoms with Gasteiger partial charge in [-0.3, -0.25) is 14.5 Å². The van der Waals surface area contributed by atoms with Crippen molar-refractivity contribution < 1.29 is 14.7 Å². The predicted octanol–water partition coefficient (Wildman–Crippen LogP) is 1.11. The van der Waals surface area contributed by atoms with Gasteiger partial charge in [-0.2, -0.15) is 0 Å². The van der Waals surface area contributed by atoms with Gasteiger partial charge in [0.25, 0.3) is 5.91 Å². The van der Waals surface area contributed by atoms with Crippen LogP contribution in [0.25, 0.3) is 0 Å². The Labute approximate surface area is 118 Å². The molecule has 19 heavy (non-hydrogen) atoms. The molecular formula is C14H28N2O3. The van der Waals surface area contributed by atoms with Gasteiger partial charge < -0.3 is 10.0 Å². The fourth-order valence-corrected chi connectivity index (χ4v) is 1.91. The Morgan fingerprint density at radius 2 is 1.68 bits per heavy atom. The SMILES string of the molecule is [2H]OC(C)(C)C(=O)N(C)CN(C)C(C)(C)C(=O)C(C)C. The van der Waals surface area contributed by atoms with Crippen molar-refractivity contribution in [3.63, 3.8) is 0 Å². The largest absolute Gasteiger partial charge is 0.381 e. The minimum absolute atomic E-state index is 0.0681. The summed E-state index contributed by atoms with van der Waals surface area (Å²) in [6.45, 7) is 10.8. The topological polar surface area (TPSA) is 60.9 Å². The van der Waals surface area contributed by atoms with E-state index < -0.39 is 11.1 Å². The second kappa shape index (κ2) is 6.01. The van der Waals surface area contributed by atoms with E-state index in [1.165, 1.54) is 4.90 Å². The van der Waals surface area contributed by atoms with Crippen LogP contribution in [0.2, 0.25) is 0 Å². The zero-order valence-electron chi connectivity index (χ0n) is 14.4. The number of ketones is 1. The maximum absolute atomic E-state index is 12.2. The number of rotatable bonds is 7. The number of carbonyl (C=O) groups is 2. The fraction of sp³-hybridized carbons (Fsp3) is 0.857. The first-order valence-corrected chi connectivity index (χ1v) is 6.53. The number of amides is 1. The normalized spacial score (nSPS) is 13.7. The molecule has 5 heteroatoms. The highest BCUT2D eigenvalue weighted by atomic mass is 16.3. The second-order valence-corrected chi connectivity index (χ2v) is 6.43. The van der Waals surface area contributed by atoms with Gasteiger partial charge in [-0.1, -0.05) is 13.8 Å². The first-order valence-electron chi connectivity index (χ1n) is 6.94. The van der Waals surface area contributed by atoms with Crippen LogP contribution in [0.3, 0.4) is 0 Å². The van der Waals surface area contributed by atoms with Gasteiger partial charge in [0, 0.05) is 13.0 Å². The van der Waals surface area contributed by atoms with Crippen molar-refractivity contribution in [2.75, 3.05) is 20.8 Å². The van der Waals surface area contributed by atoms with Crippen LogP contribution in [0.4, 0.5) is 0 Å². The quantitative estimate of drug-likeness (QED) is 0.706. The monoisotopic (exact) mass is 273 g/mol. The molecule has 0 aromatic carbocycles. The van der Waals surface area contributed by atoms with Gasteiger partial charge >= 0.3 is 0 Å². The Hall–Kier alpha value is -0.940. The Bertz CT molecular complexity index is 367. The summed E-state index contributed by atoms with van der Waals surface area (Å²) in [5.74, 6) is -0.245. The average molecular weight is 273 g/mol. The van der Waals surface area contributed by atoms with Crippen molar-refractivity contribution >= 4 is 11.7 Å². The Morgan fingerprint density at radius 1 is 1.21 bits per heavy atom. The van der Waals surface area contributed by atoms with E-state index in [4.69, 9.17) is 1.43 Å². The van der Waals surface area contributed by atoms with Crippen LogP contribution in [0.5, 0.6) is 0 Å². The van der Waals surface area contributed by atoms with Gasteiger partial charge in [-0.25, -0.2) is 0 Å². The summed E-state index contributed by atoms with van der Waals surface area (Å²) in [5.41, 5.74) is -1.85. The molecule has 0 saturated heterocycles. The third-order valence-corrected chi connectivity index (χ3v) is 3.37. The summed E-state index contributed by atoms with van der Waals surface area (Å²) in [4.78, 5) is 27.6. The molecule has 0 aliphatic rings. The number of likely N-dealkylation sites (N-methyl/N-ethyl adjacent to an activating group) is 2. The molecule has 112 valence electrons. The van der Waals surface area contributed by atoms with Gasteiger partial charge in [-0.15, -0.1) is 0 Å². The fourth-order valence-electron chi connectivity index (χ4n) is 1.91. The molecule has 0 aromatic rings. The molecule has 0 radical (unpaired) electrons. The van der Waals surface area contributed by atoms with Crippen molar-refractivity contribution in [1.82, 2.24) is 9.80 Å². The molecule has 0 unspecified atom stereocenters. The molecule has 0 aliphatic carbocycles. The molecule has 0 heterocycles. The number of aliphatic hydroxyl groups is 1. The van der Waals surface area contributed by atoms with Gasteiger partial charge in [0.1, 0.15) is 5.60 Å². The first kappa shape index (κ1) is 16.1. The molecule has 0 rings (SSSR count). The van der Waals surface area contributed by atoms with Crippen LogP contribution in [0.1, 0.15) is 41.5 Å². The highest BCUT2D eigenvalue weighted by Crippen LogP contribution is 2.19. The summed E-state index contributed by atoms with van der Waals surface area (Å²) >= 11 is 0. The minimum Gasteiger partial charge on any atom is -0.381 e. The molecule has 0 aliphatic heterocycles. The lowest BCUT2D eigenvalue weighted by atomic mass is 9.90. The predicted molar refractivity (Wildman–Crippen MR) is 75.6 cm³/mol. The molecular weight excluding hydrogens is 244 g/mol. The average Bonchev–Trinajstić information content (AvgIpc) is 2.36. The molecule has 0 saturated carbocycles. The lowest BCUT2D eigenvalue weighted by Gasteiger charge is -2.38. The van der Waals surface area contributed by atoms with E-state index in [1.807, 2.05) is 32.6 Å². The standard InChI is InChI=1S/C14H28N2O3/c1-10(2)11(17)13(3,4)16(8)9-15(7)12(18)14(5,6)19/h10,19H,9H2,1-8H3/i19D. The Kier molecular flexibility index (Phi) is 5.10. The van der Waals surface area contributed by atoms with Crippen LogP contribution >= 0.6 is 0 Å². The number of carbonyl (C=O) groups excluding carboxylic acids is 2. The van der Waals surface area contributed by atoms with E-state index >= 15 is 0 Å². The third-order valence-electron chi connectivity index (χ3n) is 3.37. The van der Waals surface area contributed by atoms with E-state index in [1.54, 1.807) is 27.9 Å². The molecule has 0 aromatic heterocycles. The molecule has 0 bridgehead atoms. The first-order chi connectivity index (χ1) is 8.87. The number of hydrogen-bond acceptors (Lipinski definition) is 4. The zero-order chi connectivity index (χ0) is 16.3. The second-order valence-electron chi connectivity index (χ2n) is 6.43. The van der Waals surface area contributed by atoms with Crippen LogP contribution in [0, 0.1) is 5.92 Å². The molecule has 5 nitrogen and oxygen atoms in total. The summed E-state index contributed by atoms with van der Waals surface area (Å²) in [6.07, 6.45) is 0. The lowest BCUT2D eigenvalue weighted by Crippen LogP contribution is -2.55. The lowest BCUT2D eigenvalue weighted by molar-refractivity contribution is -0.150. The number of nitrogens with zero attached hydrogens (tertiary/aromatic N) is 2. The Balaban J connectivity index is 4.88. The number of Topliss-reactive ketones (excluding diaryl/α,β-unsaturated/α-hetero) is 1. The summed E-state index contributed by atoms with van der Waals surface area (Å²) in [7, 11) is 3.44. The van der Waals surface area contributed by atoms with Gasteiger partial charge in [-0.05, 0) is 34.7 Å². The molecule has 1 amide bonds. The summed E-state index contributed by atoms with van der Waals surface area (Å²) < 4.78 is 6.94. The maximum Gasteiger partial charge on any atom is 0.254 e. The minimum atomic E-state index is -1.19. The maximum atomic E-state index is 12.2. The third kappa shape index (κ3) is 4.58. The van der Waals surface area contributed by atoms with Crippen LogP contribution < -0.4 is 0 Å². The van der Waals surface area contributed by atoms with Crippen LogP contribution in [-0.4, -0.2) is 59.9 Å². The van der Waals surface area contributed by atoms with E-state index in [-0.39, 0.29) is 24.3 Å². The summed E-state index contributed by atoms with van der Waals surface area (Å²) in [6, 6.07) is 0.